The molecule has 0 unspecified atom stereocenters. The first-order valence-corrected chi connectivity index (χ1v) is 13.2. The van der Waals surface area contributed by atoms with Crippen molar-refractivity contribution in [1.82, 2.24) is 14.3 Å². The summed E-state index contributed by atoms with van der Waals surface area (Å²) in [5, 5.41) is 9.35. The van der Waals surface area contributed by atoms with Crippen LogP contribution < -0.4 is 4.74 Å². The fourth-order valence-electron chi connectivity index (χ4n) is 5.80. The molecule has 196 valence electrons. The topological polar surface area (TPSA) is 84.1 Å². The van der Waals surface area contributed by atoms with Gasteiger partial charge in [0.05, 0.1) is 22.9 Å². The molecule has 1 atom stereocenters. The third kappa shape index (κ3) is 3.98. The number of rotatable bonds is 4. The first-order valence-electron chi connectivity index (χ1n) is 13.2. The lowest BCUT2D eigenvalue weighted by Gasteiger charge is -2.35. The van der Waals surface area contributed by atoms with Crippen molar-refractivity contribution < 1.29 is 23.8 Å². The zero-order valence-corrected chi connectivity index (χ0v) is 21.4. The fourth-order valence-corrected chi connectivity index (χ4v) is 5.80. The minimum Gasteiger partial charge on any atom is -0.488 e. The molecule has 2 aromatic carbocycles. The van der Waals surface area contributed by atoms with Crippen LogP contribution in [-0.2, 0) is 11.2 Å². The normalized spacial score (nSPS) is 18.3. The van der Waals surface area contributed by atoms with E-state index in [1.807, 2.05) is 27.5 Å². The number of hydrogen-bond donors (Lipinski definition) is 1. The summed E-state index contributed by atoms with van der Waals surface area (Å²) in [6.07, 6.45) is 7.90. The van der Waals surface area contributed by atoms with Crippen LogP contribution in [0.1, 0.15) is 64.3 Å². The van der Waals surface area contributed by atoms with Gasteiger partial charge in [0.1, 0.15) is 23.8 Å². The van der Waals surface area contributed by atoms with Gasteiger partial charge < -0.3 is 19.1 Å². The minimum absolute atomic E-state index is 0.0282. The Bertz CT molecular complexity index is 1720. The maximum Gasteiger partial charge on any atom is 0.335 e. The van der Waals surface area contributed by atoms with Crippen LogP contribution in [0.5, 0.6) is 5.75 Å². The van der Waals surface area contributed by atoms with Crippen molar-refractivity contribution in [1.29, 1.82) is 0 Å². The van der Waals surface area contributed by atoms with Gasteiger partial charge in [0.25, 0.3) is 5.91 Å². The molecule has 4 aromatic rings. The molecular weight excluding hydrogens is 497 g/mol. The lowest BCUT2D eigenvalue weighted by atomic mass is 9.93. The van der Waals surface area contributed by atoms with Gasteiger partial charge in [-0.25, -0.2) is 14.2 Å². The number of carbonyl (C=O) groups excluding carboxylic acids is 1. The van der Waals surface area contributed by atoms with E-state index < -0.39 is 11.8 Å². The van der Waals surface area contributed by atoms with E-state index in [2.05, 4.69) is 19.1 Å². The van der Waals surface area contributed by atoms with Crippen molar-refractivity contribution in [3.8, 4) is 17.0 Å². The lowest BCUT2D eigenvalue weighted by molar-refractivity contribution is -0.132. The SMILES string of the molecule is C[C@@H]1c2ccccc2CCN1C(=O)c1cc(C2CC2)c2nc(-c3cc4c(cc3F)OCC(C(=O)O)=C4)cn2c1. The smallest absolute Gasteiger partial charge is 0.335 e. The summed E-state index contributed by atoms with van der Waals surface area (Å²) in [5.74, 6) is -0.988. The molecule has 1 aliphatic carbocycles. The number of benzene rings is 2. The van der Waals surface area contributed by atoms with E-state index in [-0.39, 0.29) is 29.7 Å². The average molecular weight is 524 g/mol. The third-order valence-corrected chi connectivity index (χ3v) is 8.06. The number of carboxylic acids is 1. The number of aromatic nitrogens is 2. The highest BCUT2D eigenvalue weighted by molar-refractivity contribution is 5.96. The standard InChI is InChI=1S/C31H26FN3O4/c1-17-23-5-3-2-4-18(23)8-9-35(17)30(36)21-12-24(19-6-7-19)29-33-27(15-34(29)14-21)25-11-20-10-22(31(37)38)16-39-28(20)13-26(25)32/h2-5,10-15,17,19H,6-9,16H2,1H3,(H,37,38)/t17-/m1/s1. The summed E-state index contributed by atoms with van der Waals surface area (Å²) in [4.78, 5) is 31.9. The first kappa shape index (κ1) is 23.6. The Morgan fingerprint density at radius 2 is 1.92 bits per heavy atom. The summed E-state index contributed by atoms with van der Waals surface area (Å²) in [6, 6.07) is 13.0. The second-order valence-corrected chi connectivity index (χ2v) is 10.6. The highest BCUT2D eigenvalue weighted by Gasteiger charge is 2.32. The van der Waals surface area contributed by atoms with Crippen LogP contribution in [0.2, 0.25) is 0 Å². The Hall–Kier alpha value is -4.46. The van der Waals surface area contributed by atoms with Crippen molar-refractivity contribution in [2.45, 2.75) is 38.1 Å². The summed E-state index contributed by atoms with van der Waals surface area (Å²) < 4.78 is 22.5. The van der Waals surface area contributed by atoms with E-state index in [1.54, 1.807) is 18.5 Å². The van der Waals surface area contributed by atoms with E-state index in [0.717, 1.165) is 24.8 Å². The van der Waals surface area contributed by atoms with E-state index in [1.165, 1.54) is 23.3 Å². The van der Waals surface area contributed by atoms with Crippen molar-refractivity contribution in [2.75, 3.05) is 13.2 Å². The van der Waals surface area contributed by atoms with Gasteiger partial charge in [-0.3, -0.25) is 4.79 Å². The molecule has 2 aromatic heterocycles. The van der Waals surface area contributed by atoms with Crippen molar-refractivity contribution in [3.05, 3.63) is 94.1 Å². The average Bonchev–Trinajstić information content (AvgIpc) is 3.70. The molecule has 1 fully saturated rings. The van der Waals surface area contributed by atoms with Gasteiger partial charge in [0.2, 0.25) is 0 Å². The Labute approximate surface area is 224 Å². The van der Waals surface area contributed by atoms with E-state index in [9.17, 15) is 14.7 Å². The van der Waals surface area contributed by atoms with Gasteiger partial charge >= 0.3 is 5.97 Å². The number of ether oxygens (including phenoxy) is 1. The Morgan fingerprint density at radius 3 is 2.72 bits per heavy atom. The number of carbonyl (C=O) groups is 2. The number of pyridine rings is 1. The maximum atomic E-state index is 15.2. The van der Waals surface area contributed by atoms with Crippen LogP contribution in [0.15, 0.2) is 60.4 Å². The van der Waals surface area contributed by atoms with Crippen LogP contribution in [0.25, 0.3) is 23.0 Å². The number of hydrogen-bond acceptors (Lipinski definition) is 4. The predicted molar refractivity (Wildman–Crippen MR) is 143 cm³/mol. The molecule has 4 heterocycles. The molecule has 2 aliphatic heterocycles. The summed E-state index contributed by atoms with van der Waals surface area (Å²) in [5.41, 5.74) is 6.00. The highest BCUT2D eigenvalue weighted by atomic mass is 19.1. The third-order valence-electron chi connectivity index (χ3n) is 8.06. The molecule has 0 spiro atoms. The molecule has 1 amide bonds. The van der Waals surface area contributed by atoms with Gasteiger partial charge in [-0.15, -0.1) is 0 Å². The maximum absolute atomic E-state index is 15.2. The summed E-state index contributed by atoms with van der Waals surface area (Å²) >= 11 is 0. The van der Waals surface area contributed by atoms with Crippen LogP contribution >= 0.6 is 0 Å². The Balaban J connectivity index is 1.29. The van der Waals surface area contributed by atoms with Crippen LogP contribution in [0, 0.1) is 5.82 Å². The van der Waals surface area contributed by atoms with Gasteiger partial charge in [0.15, 0.2) is 0 Å². The number of fused-ring (bicyclic) bond motifs is 3. The number of halogens is 1. The number of carboxylic acid groups (broad SMARTS) is 1. The van der Waals surface area contributed by atoms with Gasteiger partial charge in [0, 0.05) is 36.1 Å². The molecule has 7 nitrogen and oxygen atoms in total. The van der Waals surface area contributed by atoms with E-state index >= 15 is 4.39 Å². The largest absolute Gasteiger partial charge is 0.488 e. The second kappa shape index (κ2) is 8.80. The van der Waals surface area contributed by atoms with Crippen molar-refractivity contribution in [2.24, 2.45) is 0 Å². The molecule has 8 heteroatoms. The van der Waals surface area contributed by atoms with Gasteiger partial charge in [-0.05, 0) is 67.0 Å². The minimum atomic E-state index is -1.07. The zero-order valence-electron chi connectivity index (χ0n) is 21.4. The molecule has 1 N–H and O–H groups in total. The number of amides is 1. The molecule has 0 saturated heterocycles. The second-order valence-electron chi connectivity index (χ2n) is 10.6. The summed E-state index contributed by atoms with van der Waals surface area (Å²) in [6.45, 7) is 2.61. The number of imidazole rings is 1. The number of aliphatic carboxylic acids is 1. The molecule has 7 rings (SSSR count). The molecule has 39 heavy (non-hydrogen) atoms. The highest BCUT2D eigenvalue weighted by Crippen LogP contribution is 2.43. The monoisotopic (exact) mass is 523 g/mol. The molecule has 0 radical (unpaired) electrons. The summed E-state index contributed by atoms with van der Waals surface area (Å²) in [7, 11) is 0. The Morgan fingerprint density at radius 1 is 1.10 bits per heavy atom. The predicted octanol–water partition coefficient (Wildman–Crippen LogP) is 5.64. The molecular formula is C31H26FN3O4. The van der Waals surface area contributed by atoms with Gasteiger partial charge in [-0.2, -0.15) is 0 Å². The van der Waals surface area contributed by atoms with Crippen LogP contribution in [0.3, 0.4) is 0 Å². The quantitative estimate of drug-likeness (QED) is 0.374. The van der Waals surface area contributed by atoms with E-state index in [4.69, 9.17) is 9.72 Å². The van der Waals surface area contributed by atoms with Gasteiger partial charge in [-0.1, -0.05) is 24.3 Å². The lowest BCUT2D eigenvalue weighted by Crippen LogP contribution is -2.39. The first-order chi connectivity index (χ1) is 18.9. The molecule has 0 bridgehead atoms. The van der Waals surface area contributed by atoms with Crippen molar-refractivity contribution in [3.63, 3.8) is 0 Å². The molecule has 1 saturated carbocycles. The van der Waals surface area contributed by atoms with Crippen LogP contribution in [-0.4, -0.2) is 44.4 Å². The number of nitrogens with zero attached hydrogens (tertiary/aromatic N) is 3. The van der Waals surface area contributed by atoms with Crippen LogP contribution in [0.4, 0.5) is 4.39 Å². The molecule has 3 aliphatic rings. The van der Waals surface area contributed by atoms with E-state index in [0.29, 0.717) is 40.7 Å². The Kier molecular flexibility index (Phi) is 5.33. The fraction of sp³-hybridized carbons (Fsp3) is 0.258. The van der Waals surface area contributed by atoms with Crippen molar-refractivity contribution >= 4 is 23.6 Å². The zero-order chi connectivity index (χ0) is 26.8.